The molecule has 0 saturated heterocycles. The van der Waals surface area contributed by atoms with E-state index in [1.807, 2.05) is 55.5 Å². The number of carbonyl (C=O) groups excluding carboxylic acids is 1. The summed E-state index contributed by atoms with van der Waals surface area (Å²) in [6, 6.07) is 17.0. The highest BCUT2D eigenvalue weighted by Crippen LogP contribution is 2.19. The molecule has 3 aromatic rings. The first-order valence-corrected chi connectivity index (χ1v) is 8.65. The molecule has 0 unspecified atom stereocenters. The predicted octanol–water partition coefficient (Wildman–Crippen LogP) is 3.97. The lowest BCUT2D eigenvalue weighted by Gasteiger charge is -2.12. The lowest BCUT2D eigenvalue weighted by molar-refractivity contribution is 0.102. The Kier molecular flexibility index (Phi) is 5.66. The van der Waals surface area contributed by atoms with Gasteiger partial charge < -0.3 is 15.4 Å². The second-order valence-corrected chi connectivity index (χ2v) is 6.12. The highest BCUT2D eigenvalue weighted by molar-refractivity contribution is 6.03. The number of nitrogens with one attached hydrogen (secondary N) is 2. The molecule has 0 aliphatic carbocycles. The van der Waals surface area contributed by atoms with Crippen molar-refractivity contribution in [1.82, 2.24) is 9.97 Å². The second kappa shape index (κ2) is 8.31. The number of methoxy groups -OCH3 is 1. The molecule has 0 aliphatic heterocycles. The van der Waals surface area contributed by atoms with Crippen LogP contribution in [-0.2, 0) is 6.54 Å². The summed E-state index contributed by atoms with van der Waals surface area (Å²) in [6.45, 7) is 4.24. The fourth-order valence-electron chi connectivity index (χ4n) is 2.71. The van der Waals surface area contributed by atoms with E-state index in [0.717, 1.165) is 22.6 Å². The summed E-state index contributed by atoms with van der Waals surface area (Å²) in [5, 5.41) is 6.13. The van der Waals surface area contributed by atoms with Crippen LogP contribution < -0.4 is 15.4 Å². The first-order chi connectivity index (χ1) is 13.1. The van der Waals surface area contributed by atoms with E-state index in [1.54, 1.807) is 20.1 Å². The zero-order chi connectivity index (χ0) is 19.2. The number of nitrogens with zero attached hydrogens (tertiary/aromatic N) is 2. The fourth-order valence-corrected chi connectivity index (χ4v) is 2.71. The van der Waals surface area contributed by atoms with E-state index in [2.05, 4.69) is 20.6 Å². The molecule has 0 aliphatic rings. The third-order valence-corrected chi connectivity index (χ3v) is 4.12. The van der Waals surface area contributed by atoms with Gasteiger partial charge in [-0.1, -0.05) is 36.4 Å². The van der Waals surface area contributed by atoms with Gasteiger partial charge in [-0.2, -0.15) is 0 Å². The Morgan fingerprint density at radius 2 is 1.78 bits per heavy atom. The zero-order valence-corrected chi connectivity index (χ0v) is 15.6. The number of hydrogen-bond donors (Lipinski definition) is 2. The molecular weight excluding hydrogens is 340 g/mol. The third-order valence-electron chi connectivity index (χ3n) is 4.12. The molecule has 27 heavy (non-hydrogen) atoms. The van der Waals surface area contributed by atoms with Crippen molar-refractivity contribution in [3.8, 4) is 5.75 Å². The molecule has 2 aromatic carbocycles. The van der Waals surface area contributed by atoms with Crippen molar-refractivity contribution in [3.05, 3.63) is 77.2 Å². The lowest BCUT2D eigenvalue weighted by atomic mass is 10.2. The maximum atomic E-state index is 12.6. The monoisotopic (exact) mass is 362 g/mol. The first kappa shape index (κ1) is 18.4. The van der Waals surface area contributed by atoms with Crippen LogP contribution in [0.3, 0.4) is 0 Å². The van der Waals surface area contributed by atoms with E-state index in [0.29, 0.717) is 23.9 Å². The van der Waals surface area contributed by atoms with Crippen molar-refractivity contribution in [1.29, 1.82) is 0 Å². The van der Waals surface area contributed by atoms with Crippen LogP contribution in [0.5, 0.6) is 5.75 Å². The number of hydrogen-bond acceptors (Lipinski definition) is 5. The van der Waals surface area contributed by atoms with Crippen molar-refractivity contribution in [3.63, 3.8) is 0 Å². The topological polar surface area (TPSA) is 76.1 Å². The van der Waals surface area contributed by atoms with Crippen LogP contribution in [0.1, 0.15) is 27.4 Å². The van der Waals surface area contributed by atoms with Gasteiger partial charge in [0, 0.05) is 23.9 Å². The predicted molar refractivity (Wildman–Crippen MR) is 106 cm³/mol. The maximum Gasteiger partial charge on any atom is 0.274 e. The molecule has 0 atom stereocenters. The molecule has 0 bridgehead atoms. The number of benzene rings is 2. The standard InChI is InChI=1S/C21H22N4O2/c1-14-8-4-6-10-17(14)25-21(26)18-12-20(24-15(2)23-18)22-13-16-9-5-7-11-19(16)27-3/h4-12H,13H2,1-3H3,(H,25,26)(H,22,23,24). The van der Waals surface area contributed by atoms with E-state index in [1.165, 1.54) is 0 Å². The van der Waals surface area contributed by atoms with Gasteiger partial charge in [0.05, 0.1) is 7.11 Å². The SMILES string of the molecule is COc1ccccc1CNc1cc(C(=O)Nc2ccccc2C)nc(C)n1. The van der Waals surface area contributed by atoms with Crippen molar-refractivity contribution >= 4 is 17.4 Å². The summed E-state index contributed by atoms with van der Waals surface area (Å²) in [4.78, 5) is 21.2. The number of aromatic nitrogens is 2. The van der Waals surface area contributed by atoms with Crippen molar-refractivity contribution in [2.24, 2.45) is 0 Å². The normalized spacial score (nSPS) is 10.3. The summed E-state index contributed by atoms with van der Waals surface area (Å²) in [6.07, 6.45) is 0. The molecule has 138 valence electrons. The lowest BCUT2D eigenvalue weighted by Crippen LogP contribution is -2.16. The van der Waals surface area contributed by atoms with Gasteiger partial charge in [0.2, 0.25) is 0 Å². The summed E-state index contributed by atoms with van der Waals surface area (Å²) < 4.78 is 5.36. The number of amides is 1. The minimum atomic E-state index is -0.268. The highest BCUT2D eigenvalue weighted by atomic mass is 16.5. The van der Waals surface area contributed by atoms with E-state index in [9.17, 15) is 4.79 Å². The maximum absolute atomic E-state index is 12.6. The van der Waals surface area contributed by atoms with Crippen LogP contribution in [0.15, 0.2) is 54.6 Å². The summed E-state index contributed by atoms with van der Waals surface area (Å²) in [5.74, 6) is 1.64. The van der Waals surface area contributed by atoms with E-state index in [-0.39, 0.29) is 5.91 Å². The average Bonchev–Trinajstić information content (AvgIpc) is 2.68. The fraction of sp³-hybridized carbons (Fsp3) is 0.190. The largest absolute Gasteiger partial charge is 0.496 e. The molecule has 6 heteroatoms. The Labute approximate surface area is 158 Å². The Balaban J connectivity index is 1.76. The zero-order valence-electron chi connectivity index (χ0n) is 15.6. The van der Waals surface area contributed by atoms with Crippen LogP contribution >= 0.6 is 0 Å². The number of ether oxygens (including phenoxy) is 1. The molecule has 0 fully saturated rings. The van der Waals surface area contributed by atoms with Crippen molar-refractivity contribution in [2.45, 2.75) is 20.4 Å². The minimum absolute atomic E-state index is 0.268. The quantitative estimate of drug-likeness (QED) is 0.694. The number of anilines is 2. The van der Waals surface area contributed by atoms with Gasteiger partial charge in [0.1, 0.15) is 23.1 Å². The smallest absolute Gasteiger partial charge is 0.274 e. The van der Waals surface area contributed by atoms with Crippen LogP contribution in [-0.4, -0.2) is 23.0 Å². The van der Waals surface area contributed by atoms with Gasteiger partial charge in [-0.15, -0.1) is 0 Å². The van der Waals surface area contributed by atoms with Gasteiger partial charge in [-0.25, -0.2) is 9.97 Å². The average molecular weight is 362 g/mol. The third kappa shape index (κ3) is 4.61. The second-order valence-electron chi connectivity index (χ2n) is 6.12. The molecular formula is C21H22N4O2. The number of para-hydroxylation sites is 2. The molecule has 6 nitrogen and oxygen atoms in total. The van der Waals surface area contributed by atoms with Gasteiger partial charge in [0.25, 0.3) is 5.91 Å². The number of carbonyl (C=O) groups is 1. The Morgan fingerprint density at radius 3 is 2.56 bits per heavy atom. The Hall–Kier alpha value is -3.41. The van der Waals surface area contributed by atoms with E-state index < -0.39 is 0 Å². The van der Waals surface area contributed by atoms with Gasteiger partial charge in [0.15, 0.2) is 0 Å². The summed E-state index contributed by atoms with van der Waals surface area (Å²) in [5.41, 5.74) is 3.07. The number of rotatable bonds is 6. The molecule has 0 spiro atoms. The van der Waals surface area contributed by atoms with E-state index >= 15 is 0 Å². The minimum Gasteiger partial charge on any atom is -0.496 e. The molecule has 0 radical (unpaired) electrons. The van der Waals surface area contributed by atoms with Crippen LogP contribution in [0.4, 0.5) is 11.5 Å². The molecule has 3 rings (SSSR count). The van der Waals surface area contributed by atoms with Crippen molar-refractivity contribution in [2.75, 3.05) is 17.7 Å². The molecule has 1 amide bonds. The van der Waals surface area contributed by atoms with E-state index in [4.69, 9.17) is 4.74 Å². The molecule has 0 saturated carbocycles. The van der Waals surface area contributed by atoms with Crippen LogP contribution in [0.2, 0.25) is 0 Å². The van der Waals surface area contributed by atoms with Gasteiger partial charge in [-0.05, 0) is 31.5 Å². The molecule has 2 N–H and O–H groups in total. The highest BCUT2D eigenvalue weighted by Gasteiger charge is 2.12. The summed E-state index contributed by atoms with van der Waals surface area (Å²) >= 11 is 0. The van der Waals surface area contributed by atoms with Crippen LogP contribution in [0, 0.1) is 13.8 Å². The van der Waals surface area contributed by atoms with Crippen LogP contribution in [0.25, 0.3) is 0 Å². The van der Waals surface area contributed by atoms with Gasteiger partial charge >= 0.3 is 0 Å². The first-order valence-electron chi connectivity index (χ1n) is 8.65. The number of aryl methyl sites for hydroxylation is 2. The molecule has 1 aromatic heterocycles. The molecule has 1 heterocycles. The van der Waals surface area contributed by atoms with Crippen molar-refractivity contribution < 1.29 is 9.53 Å². The summed E-state index contributed by atoms with van der Waals surface area (Å²) in [7, 11) is 1.64. The Morgan fingerprint density at radius 1 is 1.04 bits per heavy atom. The van der Waals surface area contributed by atoms with Gasteiger partial charge in [-0.3, -0.25) is 4.79 Å². The Bertz CT molecular complexity index is 956.